The van der Waals surface area contributed by atoms with Crippen LogP contribution in [-0.4, -0.2) is 0 Å². The van der Waals surface area contributed by atoms with Crippen molar-refractivity contribution in [3.8, 4) is 0 Å². The van der Waals surface area contributed by atoms with Gasteiger partial charge in [0.25, 0.3) is 0 Å². The summed E-state index contributed by atoms with van der Waals surface area (Å²) in [7, 11) is 0. The molecule has 0 radical (unpaired) electrons. The van der Waals surface area contributed by atoms with E-state index in [9.17, 15) is 0 Å². The van der Waals surface area contributed by atoms with E-state index in [1.54, 1.807) is 0 Å². The van der Waals surface area contributed by atoms with Crippen molar-refractivity contribution in [2.24, 2.45) is 0 Å². The summed E-state index contributed by atoms with van der Waals surface area (Å²) < 4.78 is 2.43. The summed E-state index contributed by atoms with van der Waals surface area (Å²) in [4.78, 5) is 0. The molecule has 0 N–H and O–H groups in total. The fourth-order valence-electron chi connectivity index (χ4n) is 2.96. The summed E-state index contributed by atoms with van der Waals surface area (Å²) in [6.45, 7) is 2.25. The highest BCUT2D eigenvalue weighted by atomic mass is 79.9. The molecule has 0 amide bonds. The fourth-order valence-corrected chi connectivity index (χ4v) is 4.45. The second-order valence-corrected chi connectivity index (χ2v) is 7.06. The van der Waals surface area contributed by atoms with Crippen molar-refractivity contribution in [2.75, 3.05) is 0 Å². The first-order valence-electron chi connectivity index (χ1n) is 7.51. The summed E-state index contributed by atoms with van der Waals surface area (Å²) in [5.74, 6) is 0. The number of rotatable bonds is 4. The molecule has 0 unspecified atom stereocenters. The molecule has 0 fully saturated rings. The maximum Gasteiger partial charge on any atom is 0.0335 e. The van der Waals surface area contributed by atoms with Crippen molar-refractivity contribution < 1.29 is 0 Å². The van der Waals surface area contributed by atoms with Gasteiger partial charge in [0, 0.05) is 14.3 Å². The van der Waals surface area contributed by atoms with Crippen LogP contribution in [0.4, 0.5) is 0 Å². The Kier molecular flexibility index (Phi) is 4.66. The Morgan fingerprint density at radius 2 is 1.43 bits per heavy atom. The molecule has 0 aliphatic rings. The van der Waals surface area contributed by atoms with Gasteiger partial charge in [-0.2, -0.15) is 0 Å². The first-order chi connectivity index (χ1) is 10.2. The number of hydrogen-bond donors (Lipinski definition) is 0. The lowest BCUT2D eigenvalue weighted by Gasteiger charge is -2.13. The molecule has 0 bridgehead atoms. The predicted molar refractivity (Wildman–Crippen MR) is 100 cm³/mol. The van der Waals surface area contributed by atoms with Crippen LogP contribution in [0.25, 0.3) is 21.5 Å². The van der Waals surface area contributed by atoms with Crippen LogP contribution in [0.3, 0.4) is 0 Å². The van der Waals surface area contributed by atoms with Gasteiger partial charge in [-0.1, -0.05) is 62.2 Å². The van der Waals surface area contributed by atoms with Gasteiger partial charge in [0.1, 0.15) is 0 Å². The highest BCUT2D eigenvalue weighted by molar-refractivity contribution is 9.11. The van der Waals surface area contributed by atoms with E-state index in [1.165, 1.54) is 55.3 Å². The van der Waals surface area contributed by atoms with E-state index in [1.807, 2.05) is 0 Å². The maximum atomic E-state index is 3.86. The quantitative estimate of drug-likeness (QED) is 0.316. The third kappa shape index (κ3) is 2.76. The average molecular weight is 406 g/mol. The summed E-state index contributed by atoms with van der Waals surface area (Å²) >= 11 is 7.67. The summed E-state index contributed by atoms with van der Waals surface area (Å²) in [6, 6.07) is 15.2. The van der Waals surface area contributed by atoms with Crippen LogP contribution in [0.2, 0.25) is 0 Å². The lowest BCUT2D eigenvalue weighted by molar-refractivity contribution is 0.719. The molecule has 0 aliphatic heterocycles. The van der Waals surface area contributed by atoms with E-state index >= 15 is 0 Å². The Morgan fingerprint density at radius 3 is 2.14 bits per heavy atom. The van der Waals surface area contributed by atoms with Gasteiger partial charge in [-0.25, -0.2) is 0 Å². The molecule has 0 atom stereocenters. The van der Waals surface area contributed by atoms with Gasteiger partial charge in [-0.15, -0.1) is 0 Å². The lowest BCUT2D eigenvalue weighted by Crippen LogP contribution is -1.91. The summed E-state index contributed by atoms with van der Waals surface area (Å²) in [6.07, 6.45) is 4.96. The van der Waals surface area contributed by atoms with Crippen LogP contribution in [0, 0.1) is 0 Å². The molecule has 0 saturated carbocycles. The lowest BCUT2D eigenvalue weighted by atomic mass is 9.96. The molecular weight excluding hydrogens is 388 g/mol. The molecule has 0 aliphatic carbocycles. The molecule has 21 heavy (non-hydrogen) atoms. The molecular formula is C19H18Br2. The monoisotopic (exact) mass is 404 g/mol. The third-order valence-electron chi connectivity index (χ3n) is 4.06. The Hall–Kier alpha value is -0.860. The largest absolute Gasteiger partial charge is 0.0654 e. The van der Waals surface area contributed by atoms with Crippen LogP contribution in [0.5, 0.6) is 0 Å². The molecule has 0 spiro atoms. The Morgan fingerprint density at radius 1 is 0.762 bits per heavy atom. The van der Waals surface area contributed by atoms with Crippen molar-refractivity contribution >= 4 is 53.4 Å². The highest BCUT2D eigenvalue weighted by Crippen LogP contribution is 2.40. The minimum atomic E-state index is 1.15. The Labute approximate surface area is 142 Å². The van der Waals surface area contributed by atoms with Crippen LogP contribution in [-0.2, 0) is 6.42 Å². The van der Waals surface area contributed by atoms with E-state index in [2.05, 4.69) is 81.2 Å². The van der Waals surface area contributed by atoms with Gasteiger partial charge in [0.2, 0.25) is 0 Å². The molecule has 3 aromatic rings. The van der Waals surface area contributed by atoms with E-state index in [0.29, 0.717) is 0 Å². The average Bonchev–Trinajstić information content (AvgIpc) is 2.53. The minimum Gasteiger partial charge on any atom is -0.0654 e. The van der Waals surface area contributed by atoms with Crippen molar-refractivity contribution in [3.05, 3.63) is 57.0 Å². The van der Waals surface area contributed by atoms with Gasteiger partial charge in [-0.05, 0) is 66.4 Å². The zero-order chi connectivity index (χ0) is 14.8. The van der Waals surface area contributed by atoms with Crippen molar-refractivity contribution in [1.29, 1.82) is 0 Å². The molecule has 0 nitrogen and oxygen atoms in total. The van der Waals surface area contributed by atoms with Crippen molar-refractivity contribution in [2.45, 2.75) is 32.6 Å². The van der Waals surface area contributed by atoms with Crippen LogP contribution in [0.15, 0.2) is 51.4 Å². The topological polar surface area (TPSA) is 0 Å². The van der Waals surface area contributed by atoms with Gasteiger partial charge >= 0.3 is 0 Å². The number of halogens is 2. The van der Waals surface area contributed by atoms with Gasteiger partial charge in [0.15, 0.2) is 0 Å². The molecule has 108 valence electrons. The van der Waals surface area contributed by atoms with E-state index in [4.69, 9.17) is 0 Å². The van der Waals surface area contributed by atoms with Gasteiger partial charge in [0.05, 0.1) is 0 Å². The second-order valence-electron chi connectivity index (χ2n) is 5.47. The van der Waals surface area contributed by atoms with Crippen molar-refractivity contribution in [3.63, 3.8) is 0 Å². The zero-order valence-electron chi connectivity index (χ0n) is 12.1. The van der Waals surface area contributed by atoms with Crippen molar-refractivity contribution in [1.82, 2.24) is 0 Å². The van der Waals surface area contributed by atoms with E-state index in [-0.39, 0.29) is 0 Å². The maximum absolute atomic E-state index is 3.86. The van der Waals surface area contributed by atoms with Crippen LogP contribution < -0.4 is 0 Å². The number of fused-ring (bicyclic) bond motifs is 2. The van der Waals surface area contributed by atoms with Crippen LogP contribution in [0.1, 0.15) is 31.7 Å². The van der Waals surface area contributed by atoms with E-state index in [0.717, 1.165) is 6.42 Å². The standard InChI is InChI=1S/C19H18Br2/c1-2-3-4-8-13-9-7-12-16-17(13)19(21)15-11-6-5-10-14(15)18(16)20/h5-7,9-12H,2-4,8H2,1H3. The zero-order valence-corrected chi connectivity index (χ0v) is 15.3. The molecule has 0 heterocycles. The van der Waals surface area contributed by atoms with Gasteiger partial charge in [-0.3, -0.25) is 0 Å². The molecule has 3 rings (SSSR count). The SMILES string of the molecule is CCCCCc1cccc2c(Br)c3ccccc3c(Br)c12. The normalized spacial score (nSPS) is 11.4. The Balaban J connectivity index is 2.27. The third-order valence-corrected chi connectivity index (χ3v) is 5.73. The number of unbranched alkanes of at least 4 members (excludes halogenated alkanes) is 2. The van der Waals surface area contributed by atoms with Crippen LogP contribution >= 0.6 is 31.9 Å². The van der Waals surface area contributed by atoms with Gasteiger partial charge < -0.3 is 0 Å². The molecule has 0 aromatic heterocycles. The highest BCUT2D eigenvalue weighted by Gasteiger charge is 2.13. The summed E-state index contributed by atoms with van der Waals surface area (Å²) in [5.41, 5.74) is 1.44. The number of aryl methyl sites for hydroxylation is 1. The Bertz CT molecular complexity index is 790. The molecule has 2 heteroatoms. The first-order valence-corrected chi connectivity index (χ1v) is 9.10. The first kappa shape index (κ1) is 15.1. The number of benzene rings is 3. The number of hydrogen-bond acceptors (Lipinski definition) is 0. The molecule has 0 saturated heterocycles. The fraction of sp³-hybridized carbons (Fsp3) is 0.263. The second kappa shape index (κ2) is 6.50. The van der Waals surface area contributed by atoms with E-state index < -0.39 is 0 Å². The predicted octanol–water partition coefficient (Wildman–Crippen LogP) is 7.25. The smallest absolute Gasteiger partial charge is 0.0335 e. The minimum absolute atomic E-state index is 1.15. The summed E-state index contributed by atoms with van der Waals surface area (Å²) in [5, 5.41) is 5.20. The molecule has 3 aromatic carbocycles.